The summed E-state index contributed by atoms with van der Waals surface area (Å²) in [4.78, 5) is 11.9. The van der Waals surface area contributed by atoms with Gasteiger partial charge in [0, 0.05) is 20.0 Å². The van der Waals surface area contributed by atoms with Crippen LogP contribution in [0.1, 0.15) is 17.9 Å². The predicted molar refractivity (Wildman–Crippen MR) is 88.8 cm³/mol. The third-order valence-corrected chi connectivity index (χ3v) is 5.02. The molecule has 130 valence electrons. The summed E-state index contributed by atoms with van der Waals surface area (Å²) in [5.74, 6) is -0.0870. The van der Waals surface area contributed by atoms with Crippen LogP contribution in [0.2, 0.25) is 0 Å². The van der Waals surface area contributed by atoms with Crippen molar-refractivity contribution in [1.82, 2.24) is 15.3 Å². The van der Waals surface area contributed by atoms with Gasteiger partial charge in [-0.25, -0.2) is 13.1 Å². The molecule has 2 aromatic rings. The molecule has 24 heavy (non-hydrogen) atoms. The van der Waals surface area contributed by atoms with E-state index < -0.39 is 10.0 Å². The lowest BCUT2D eigenvalue weighted by Crippen LogP contribution is -2.40. The molecule has 2 rings (SSSR count). The Hall–Kier alpha value is -2.39. The zero-order chi connectivity index (χ0) is 17.7. The molecule has 8 nitrogen and oxygen atoms in total. The van der Waals surface area contributed by atoms with Crippen LogP contribution in [-0.2, 0) is 14.8 Å². The van der Waals surface area contributed by atoms with Gasteiger partial charge in [0.2, 0.25) is 15.9 Å². The van der Waals surface area contributed by atoms with E-state index in [4.69, 9.17) is 4.52 Å². The van der Waals surface area contributed by atoms with Crippen LogP contribution >= 0.6 is 0 Å². The van der Waals surface area contributed by atoms with Crippen molar-refractivity contribution >= 4 is 21.6 Å². The number of sulfonamides is 1. The molecular weight excluding hydrogens is 332 g/mol. The first kappa shape index (κ1) is 18.0. The standard InChI is InChI=1S/C15H20N4O4S/c1-11-15(12(2)23-18-11)24(21,22)16-10-9-14(20)17-19(3)13-7-5-4-6-8-13/h4-8,16H,9-10H2,1-3H3,(H,17,20). The minimum absolute atomic E-state index is 0.000219. The van der Waals surface area contributed by atoms with E-state index in [0.29, 0.717) is 0 Å². The molecule has 0 aliphatic rings. The predicted octanol–water partition coefficient (Wildman–Crippen LogP) is 1.13. The fraction of sp³-hybridized carbons (Fsp3) is 0.333. The fourth-order valence-corrected chi connectivity index (χ4v) is 3.55. The molecule has 0 unspecified atom stereocenters. The van der Waals surface area contributed by atoms with Gasteiger partial charge in [0.1, 0.15) is 10.6 Å². The van der Waals surface area contributed by atoms with Crippen molar-refractivity contribution in [3.05, 3.63) is 41.8 Å². The number of hydrogen-bond acceptors (Lipinski definition) is 6. The quantitative estimate of drug-likeness (QED) is 0.724. The molecule has 0 aliphatic carbocycles. The second kappa shape index (κ2) is 7.45. The van der Waals surface area contributed by atoms with Gasteiger partial charge >= 0.3 is 0 Å². The first-order valence-electron chi connectivity index (χ1n) is 7.32. The summed E-state index contributed by atoms with van der Waals surface area (Å²) >= 11 is 0. The van der Waals surface area contributed by atoms with Crippen LogP contribution in [0.4, 0.5) is 5.69 Å². The van der Waals surface area contributed by atoms with Crippen molar-refractivity contribution in [3.8, 4) is 0 Å². The van der Waals surface area contributed by atoms with Crippen molar-refractivity contribution in [2.24, 2.45) is 0 Å². The summed E-state index contributed by atoms with van der Waals surface area (Å²) in [6.45, 7) is 3.05. The average Bonchev–Trinajstić information content (AvgIpc) is 2.87. The number of hydrogen-bond donors (Lipinski definition) is 2. The molecule has 0 radical (unpaired) electrons. The second-order valence-electron chi connectivity index (χ2n) is 5.23. The molecule has 0 aliphatic heterocycles. The Morgan fingerprint density at radius 1 is 1.25 bits per heavy atom. The van der Waals surface area contributed by atoms with Gasteiger partial charge in [-0.2, -0.15) is 0 Å². The van der Waals surface area contributed by atoms with Crippen LogP contribution < -0.4 is 15.2 Å². The van der Waals surface area contributed by atoms with E-state index in [-0.39, 0.29) is 35.2 Å². The highest BCUT2D eigenvalue weighted by molar-refractivity contribution is 7.89. The molecule has 0 bridgehead atoms. The van der Waals surface area contributed by atoms with Crippen molar-refractivity contribution in [3.63, 3.8) is 0 Å². The van der Waals surface area contributed by atoms with Gasteiger partial charge in [0.15, 0.2) is 5.76 Å². The monoisotopic (exact) mass is 352 g/mol. The number of aromatic nitrogens is 1. The van der Waals surface area contributed by atoms with Crippen molar-refractivity contribution in [2.45, 2.75) is 25.2 Å². The lowest BCUT2D eigenvalue weighted by Gasteiger charge is -2.20. The number of benzene rings is 1. The van der Waals surface area contributed by atoms with Crippen molar-refractivity contribution in [2.75, 3.05) is 18.6 Å². The summed E-state index contributed by atoms with van der Waals surface area (Å²) in [5.41, 5.74) is 3.78. The molecule has 0 atom stereocenters. The molecule has 1 aromatic heterocycles. The maximum atomic E-state index is 12.2. The number of hydrazine groups is 1. The summed E-state index contributed by atoms with van der Waals surface area (Å²) in [7, 11) is -2.04. The van der Waals surface area contributed by atoms with Crippen LogP contribution in [0.15, 0.2) is 39.8 Å². The molecule has 1 amide bonds. The minimum Gasteiger partial charge on any atom is -0.360 e. The molecule has 9 heteroatoms. The Labute approximate surface area is 140 Å². The first-order chi connectivity index (χ1) is 11.3. The maximum Gasteiger partial charge on any atom is 0.245 e. The van der Waals surface area contributed by atoms with Gasteiger partial charge in [0.25, 0.3) is 0 Å². The molecule has 2 N–H and O–H groups in total. The minimum atomic E-state index is -3.75. The van der Waals surface area contributed by atoms with Crippen molar-refractivity contribution in [1.29, 1.82) is 0 Å². The third-order valence-electron chi connectivity index (χ3n) is 3.32. The summed E-state index contributed by atoms with van der Waals surface area (Å²) in [6.07, 6.45) is -0.000219. The number of anilines is 1. The Bertz CT molecular complexity index is 783. The molecule has 0 fully saturated rings. The Balaban J connectivity index is 1.86. The SMILES string of the molecule is Cc1noc(C)c1S(=O)(=O)NCCC(=O)NN(C)c1ccccc1. The van der Waals surface area contributed by atoms with E-state index in [1.807, 2.05) is 30.3 Å². The normalized spacial score (nSPS) is 11.3. The van der Waals surface area contributed by atoms with Crippen LogP contribution in [0.25, 0.3) is 0 Å². The number of rotatable bonds is 7. The highest BCUT2D eigenvalue weighted by Crippen LogP contribution is 2.18. The average molecular weight is 352 g/mol. The van der Waals surface area contributed by atoms with Gasteiger partial charge in [-0.05, 0) is 26.0 Å². The van der Waals surface area contributed by atoms with Gasteiger partial charge in [-0.15, -0.1) is 0 Å². The number of aryl methyl sites for hydroxylation is 2. The van der Waals surface area contributed by atoms with Crippen molar-refractivity contribution < 1.29 is 17.7 Å². The van der Waals surface area contributed by atoms with Crippen LogP contribution in [0.5, 0.6) is 0 Å². The molecule has 1 heterocycles. The number of nitrogens with one attached hydrogen (secondary N) is 2. The van der Waals surface area contributed by atoms with E-state index in [1.54, 1.807) is 19.0 Å². The number of amides is 1. The molecular formula is C15H20N4O4S. The topological polar surface area (TPSA) is 105 Å². The molecule has 0 spiro atoms. The Kier molecular flexibility index (Phi) is 5.58. The zero-order valence-electron chi connectivity index (χ0n) is 13.7. The molecule has 0 saturated carbocycles. The van der Waals surface area contributed by atoms with E-state index in [1.165, 1.54) is 6.92 Å². The van der Waals surface area contributed by atoms with E-state index in [9.17, 15) is 13.2 Å². The number of carbonyl (C=O) groups excluding carboxylic acids is 1. The van der Waals surface area contributed by atoms with Crippen LogP contribution in [0, 0.1) is 13.8 Å². The van der Waals surface area contributed by atoms with Gasteiger partial charge < -0.3 is 4.52 Å². The highest BCUT2D eigenvalue weighted by atomic mass is 32.2. The highest BCUT2D eigenvalue weighted by Gasteiger charge is 2.23. The lowest BCUT2D eigenvalue weighted by molar-refractivity contribution is -0.121. The van der Waals surface area contributed by atoms with E-state index >= 15 is 0 Å². The Morgan fingerprint density at radius 3 is 2.50 bits per heavy atom. The summed E-state index contributed by atoms with van der Waals surface area (Å²) in [5, 5.41) is 5.19. The van der Waals surface area contributed by atoms with E-state index in [0.717, 1.165) is 5.69 Å². The number of carbonyl (C=O) groups is 1. The summed E-state index contributed by atoms with van der Waals surface area (Å²) in [6, 6.07) is 9.29. The molecule has 0 saturated heterocycles. The van der Waals surface area contributed by atoms with Gasteiger partial charge in [-0.3, -0.25) is 15.2 Å². The van der Waals surface area contributed by atoms with Crippen LogP contribution in [0.3, 0.4) is 0 Å². The lowest BCUT2D eigenvalue weighted by atomic mass is 10.3. The number of para-hydroxylation sites is 1. The Morgan fingerprint density at radius 2 is 1.92 bits per heavy atom. The van der Waals surface area contributed by atoms with Gasteiger partial charge in [0.05, 0.1) is 5.69 Å². The molecule has 1 aromatic carbocycles. The van der Waals surface area contributed by atoms with Gasteiger partial charge in [-0.1, -0.05) is 23.4 Å². The smallest absolute Gasteiger partial charge is 0.245 e. The summed E-state index contributed by atoms with van der Waals surface area (Å²) < 4.78 is 31.6. The largest absolute Gasteiger partial charge is 0.360 e. The third kappa shape index (κ3) is 4.33. The fourth-order valence-electron chi connectivity index (χ4n) is 2.19. The number of nitrogens with zero attached hydrogens (tertiary/aromatic N) is 2. The van der Waals surface area contributed by atoms with E-state index in [2.05, 4.69) is 15.3 Å². The maximum absolute atomic E-state index is 12.2. The van der Waals surface area contributed by atoms with Crippen LogP contribution in [-0.4, -0.2) is 33.1 Å². The zero-order valence-corrected chi connectivity index (χ0v) is 14.6. The second-order valence-corrected chi connectivity index (χ2v) is 6.93. The first-order valence-corrected chi connectivity index (χ1v) is 8.80.